The van der Waals surface area contributed by atoms with Gasteiger partial charge in [-0.3, -0.25) is 0 Å². The van der Waals surface area contributed by atoms with Gasteiger partial charge in [0.05, 0.1) is 17.8 Å². The Balaban J connectivity index is 2.00. The molecule has 0 radical (unpaired) electrons. The number of ether oxygens (including phenoxy) is 2. The van der Waals surface area contributed by atoms with Crippen molar-refractivity contribution in [3.05, 3.63) is 47.9 Å². The average molecular weight is 345 g/mol. The van der Waals surface area contributed by atoms with Crippen molar-refractivity contribution in [3.8, 4) is 11.6 Å². The second kappa shape index (κ2) is 7.61. The van der Waals surface area contributed by atoms with E-state index in [1.54, 1.807) is 39.0 Å². The minimum atomic E-state index is -1.05. The highest BCUT2D eigenvalue weighted by Gasteiger charge is 2.16. The molecule has 2 N–H and O–H groups in total. The van der Waals surface area contributed by atoms with Gasteiger partial charge >= 0.3 is 12.1 Å². The van der Waals surface area contributed by atoms with E-state index in [9.17, 15) is 9.59 Å². The van der Waals surface area contributed by atoms with E-state index in [-0.39, 0.29) is 18.0 Å². The lowest BCUT2D eigenvalue weighted by atomic mass is 10.2. The zero-order valence-electron chi connectivity index (χ0n) is 14.1. The first-order valence-electron chi connectivity index (χ1n) is 7.52. The largest absolute Gasteiger partial charge is 0.478 e. The molecule has 1 aromatic carbocycles. The number of amides is 1. The molecule has 0 saturated heterocycles. The first-order valence-corrected chi connectivity index (χ1v) is 7.52. The van der Waals surface area contributed by atoms with Crippen LogP contribution in [0.1, 0.15) is 36.8 Å². The molecule has 0 saturated carbocycles. The van der Waals surface area contributed by atoms with Gasteiger partial charge in [-0.2, -0.15) is 0 Å². The normalized spacial score (nSPS) is 10.8. The summed E-state index contributed by atoms with van der Waals surface area (Å²) in [5.41, 5.74) is 0.0442. The molecule has 0 fully saturated rings. The van der Waals surface area contributed by atoms with Gasteiger partial charge in [0.1, 0.15) is 17.7 Å². The highest BCUT2D eigenvalue weighted by Crippen LogP contribution is 2.20. The molecule has 8 nitrogen and oxygen atoms in total. The maximum atomic E-state index is 11.6. The first-order chi connectivity index (χ1) is 11.7. The number of hydrogen-bond acceptors (Lipinski definition) is 6. The molecule has 8 heteroatoms. The fraction of sp³-hybridized carbons (Fsp3) is 0.294. The van der Waals surface area contributed by atoms with Crippen molar-refractivity contribution in [1.29, 1.82) is 0 Å². The van der Waals surface area contributed by atoms with Crippen LogP contribution in [0.15, 0.2) is 36.7 Å². The van der Waals surface area contributed by atoms with E-state index in [1.807, 2.05) is 0 Å². The predicted molar refractivity (Wildman–Crippen MR) is 88.6 cm³/mol. The summed E-state index contributed by atoms with van der Waals surface area (Å²) in [6.45, 7) is 5.46. The third kappa shape index (κ3) is 6.09. The third-order valence-corrected chi connectivity index (χ3v) is 2.81. The smallest absolute Gasteiger partial charge is 0.407 e. The van der Waals surface area contributed by atoms with Crippen LogP contribution in [0.25, 0.3) is 0 Å². The van der Waals surface area contributed by atoms with Crippen molar-refractivity contribution in [2.24, 2.45) is 0 Å². The Morgan fingerprint density at radius 3 is 2.64 bits per heavy atom. The minimum Gasteiger partial charge on any atom is -0.478 e. The molecule has 132 valence electrons. The lowest BCUT2D eigenvalue weighted by Gasteiger charge is -2.19. The zero-order chi connectivity index (χ0) is 18.4. The van der Waals surface area contributed by atoms with Crippen molar-refractivity contribution in [1.82, 2.24) is 15.3 Å². The predicted octanol–water partition coefficient (Wildman–Crippen LogP) is 2.99. The van der Waals surface area contributed by atoms with Crippen LogP contribution in [-0.2, 0) is 11.3 Å². The van der Waals surface area contributed by atoms with E-state index in [0.29, 0.717) is 11.4 Å². The molecule has 1 amide bonds. The number of benzene rings is 1. The number of carboxylic acid groups (broad SMARTS) is 1. The van der Waals surface area contributed by atoms with E-state index in [0.717, 1.165) is 0 Å². The van der Waals surface area contributed by atoms with Gasteiger partial charge in [0, 0.05) is 6.07 Å². The van der Waals surface area contributed by atoms with Crippen LogP contribution in [0.5, 0.6) is 11.6 Å². The average Bonchev–Trinajstić information content (AvgIpc) is 2.52. The highest BCUT2D eigenvalue weighted by atomic mass is 16.6. The summed E-state index contributed by atoms with van der Waals surface area (Å²) in [5, 5.41) is 11.6. The monoisotopic (exact) mass is 345 g/mol. The first kappa shape index (κ1) is 18.2. The fourth-order valence-corrected chi connectivity index (χ4v) is 1.82. The van der Waals surface area contributed by atoms with E-state index in [1.165, 1.54) is 18.5 Å². The standard InChI is InChI=1S/C17H19N3O5/c1-17(2,3)25-16(23)18-9-12-8-14(20-10-19-12)24-13-6-4-5-11(7-13)15(21)22/h4-8,10H,9H2,1-3H3,(H,18,23)(H,21,22). The van der Waals surface area contributed by atoms with Crippen molar-refractivity contribution in [2.45, 2.75) is 32.9 Å². The van der Waals surface area contributed by atoms with Crippen LogP contribution in [0.4, 0.5) is 4.79 Å². The molecule has 1 aromatic heterocycles. The number of aromatic carboxylic acids is 1. The van der Waals surface area contributed by atoms with Gasteiger partial charge in [-0.25, -0.2) is 19.6 Å². The van der Waals surface area contributed by atoms with Crippen LogP contribution in [-0.4, -0.2) is 32.7 Å². The Bertz CT molecular complexity index is 771. The number of nitrogens with one attached hydrogen (secondary N) is 1. The molecule has 0 spiro atoms. The molecule has 0 aliphatic carbocycles. The number of carbonyl (C=O) groups is 2. The molecular formula is C17H19N3O5. The van der Waals surface area contributed by atoms with E-state index in [4.69, 9.17) is 14.6 Å². The summed E-state index contributed by atoms with van der Waals surface area (Å²) >= 11 is 0. The third-order valence-electron chi connectivity index (χ3n) is 2.81. The Labute approximate surface area is 144 Å². The number of alkyl carbamates (subject to hydrolysis) is 1. The van der Waals surface area contributed by atoms with Gasteiger partial charge in [0.25, 0.3) is 0 Å². The molecule has 2 aromatic rings. The number of carbonyl (C=O) groups excluding carboxylic acids is 1. The molecule has 0 atom stereocenters. The summed E-state index contributed by atoms with van der Waals surface area (Å²) in [4.78, 5) is 30.6. The van der Waals surface area contributed by atoms with Crippen LogP contribution < -0.4 is 10.1 Å². The Morgan fingerprint density at radius 2 is 1.96 bits per heavy atom. The van der Waals surface area contributed by atoms with Gasteiger partial charge < -0.3 is 19.9 Å². The second-order valence-corrected chi connectivity index (χ2v) is 6.14. The fourth-order valence-electron chi connectivity index (χ4n) is 1.82. The summed E-state index contributed by atoms with van der Waals surface area (Å²) in [6.07, 6.45) is 0.741. The molecular weight excluding hydrogens is 326 g/mol. The van der Waals surface area contributed by atoms with E-state index in [2.05, 4.69) is 15.3 Å². The molecule has 1 heterocycles. The van der Waals surface area contributed by atoms with Crippen LogP contribution in [0.2, 0.25) is 0 Å². The Kier molecular flexibility index (Phi) is 5.53. The van der Waals surface area contributed by atoms with Crippen molar-refractivity contribution >= 4 is 12.1 Å². The summed E-state index contributed by atoms with van der Waals surface area (Å²) in [6, 6.07) is 7.59. The topological polar surface area (TPSA) is 111 Å². The maximum absolute atomic E-state index is 11.6. The SMILES string of the molecule is CC(C)(C)OC(=O)NCc1cc(Oc2cccc(C(=O)O)c2)ncn1. The molecule has 2 rings (SSSR count). The van der Waals surface area contributed by atoms with E-state index >= 15 is 0 Å². The maximum Gasteiger partial charge on any atom is 0.407 e. The number of nitrogens with zero attached hydrogens (tertiary/aromatic N) is 2. The molecule has 0 aliphatic rings. The Morgan fingerprint density at radius 1 is 1.20 bits per heavy atom. The highest BCUT2D eigenvalue weighted by molar-refractivity contribution is 5.88. The van der Waals surface area contributed by atoms with Crippen molar-refractivity contribution in [3.63, 3.8) is 0 Å². The van der Waals surface area contributed by atoms with Crippen LogP contribution in [0.3, 0.4) is 0 Å². The van der Waals surface area contributed by atoms with Gasteiger partial charge in [-0.05, 0) is 39.0 Å². The summed E-state index contributed by atoms with van der Waals surface area (Å²) in [5.74, 6) is -0.474. The molecule has 25 heavy (non-hydrogen) atoms. The Hall–Kier alpha value is -3.16. The second-order valence-electron chi connectivity index (χ2n) is 6.14. The summed E-state index contributed by atoms with van der Waals surface area (Å²) < 4.78 is 10.7. The minimum absolute atomic E-state index is 0.110. The van der Waals surface area contributed by atoms with Crippen LogP contribution >= 0.6 is 0 Å². The number of carboxylic acids is 1. The number of aromatic nitrogens is 2. The quantitative estimate of drug-likeness (QED) is 0.857. The van der Waals surface area contributed by atoms with Gasteiger partial charge in [-0.1, -0.05) is 6.07 Å². The van der Waals surface area contributed by atoms with Gasteiger partial charge in [0.2, 0.25) is 5.88 Å². The molecule has 0 bridgehead atoms. The van der Waals surface area contributed by atoms with E-state index < -0.39 is 17.7 Å². The van der Waals surface area contributed by atoms with Gasteiger partial charge in [0.15, 0.2) is 0 Å². The molecule has 0 aliphatic heterocycles. The zero-order valence-corrected chi connectivity index (χ0v) is 14.1. The van der Waals surface area contributed by atoms with Gasteiger partial charge in [-0.15, -0.1) is 0 Å². The lowest BCUT2D eigenvalue weighted by Crippen LogP contribution is -2.32. The van der Waals surface area contributed by atoms with Crippen LogP contribution in [0, 0.1) is 0 Å². The number of hydrogen-bond donors (Lipinski definition) is 2. The lowest BCUT2D eigenvalue weighted by molar-refractivity contribution is 0.0522. The number of rotatable bonds is 5. The molecule has 0 unspecified atom stereocenters. The summed E-state index contributed by atoms with van der Waals surface area (Å²) in [7, 11) is 0. The van der Waals surface area contributed by atoms with Crippen molar-refractivity contribution in [2.75, 3.05) is 0 Å². The van der Waals surface area contributed by atoms with Crippen molar-refractivity contribution < 1.29 is 24.2 Å².